The minimum absolute atomic E-state index is 0. The van der Waals surface area contributed by atoms with Crippen LogP contribution in [-0.4, -0.2) is 19.9 Å². The van der Waals surface area contributed by atoms with Crippen molar-refractivity contribution in [1.29, 1.82) is 0 Å². The third kappa shape index (κ3) is 5.55. The standard InChI is InChI=1S/C44H32N4.Ni/c1-5-13-29(14-6-1)41-33-21-23-35(45-33)42(30-15-7-2-8-16-30)37-25-27-39(47-37)44(32-19-11-4-12-20-32)40-28-26-38(48-40)43(31-17-9-3-10-18-31)36-24-22-34(41)46-36;/h1-28,45-48H;. The summed E-state index contributed by atoms with van der Waals surface area (Å²) in [7, 11) is 0. The number of fused-ring (bicyclic) bond motifs is 8. The average Bonchev–Trinajstić information content (AvgIpc) is 3.98. The van der Waals surface area contributed by atoms with Gasteiger partial charge < -0.3 is 19.9 Å². The number of aromatic nitrogens is 4. The van der Waals surface area contributed by atoms with Crippen LogP contribution in [0.4, 0.5) is 0 Å². The van der Waals surface area contributed by atoms with E-state index < -0.39 is 0 Å². The second-order valence-corrected chi connectivity index (χ2v) is 12.1. The minimum atomic E-state index is 0. The first-order valence-electron chi connectivity index (χ1n) is 16.3. The Morgan fingerprint density at radius 3 is 0.673 bits per heavy atom. The van der Waals surface area contributed by atoms with Crippen molar-refractivity contribution >= 4 is 22.3 Å². The predicted molar refractivity (Wildman–Crippen MR) is 194 cm³/mol. The first kappa shape index (κ1) is 30.3. The molecule has 9 rings (SSSR count). The fourth-order valence-electron chi connectivity index (χ4n) is 6.99. The summed E-state index contributed by atoms with van der Waals surface area (Å²) in [5.74, 6) is 0. The molecule has 4 N–H and O–H groups in total. The summed E-state index contributed by atoms with van der Waals surface area (Å²) in [6.45, 7) is 0. The molecular formula is C44H32N4Ni. The zero-order valence-corrected chi connectivity index (χ0v) is 27.5. The van der Waals surface area contributed by atoms with E-state index in [9.17, 15) is 0 Å². The fraction of sp³-hybridized carbons (Fsp3) is 0. The van der Waals surface area contributed by atoms with Gasteiger partial charge in [-0.3, -0.25) is 0 Å². The molecule has 0 radical (unpaired) electrons. The molecule has 0 saturated carbocycles. The van der Waals surface area contributed by atoms with Gasteiger partial charge in [0.1, 0.15) is 0 Å². The number of hydrogen-bond acceptors (Lipinski definition) is 0. The number of H-pyrrole nitrogens is 4. The van der Waals surface area contributed by atoms with Gasteiger partial charge in [0.2, 0.25) is 0 Å². The van der Waals surface area contributed by atoms with Crippen molar-refractivity contribution in [3.05, 3.63) is 236 Å². The second kappa shape index (κ2) is 12.9. The Morgan fingerprint density at radius 1 is 0.224 bits per heavy atom. The van der Waals surface area contributed by atoms with Crippen molar-refractivity contribution in [2.75, 3.05) is 0 Å². The van der Waals surface area contributed by atoms with E-state index in [1.165, 1.54) is 0 Å². The monoisotopic (exact) mass is 674 g/mol. The quantitative estimate of drug-likeness (QED) is 0.159. The Morgan fingerprint density at radius 2 is 0.449 bits per heavy atom. The molecule has 1 aliphatic heterocycles. The molecule has 5 heteroatoms. The van der Waals surface area contributed by atoms with Crippen LogP contribution in [0.2, 0.25) is 0 Å². The Bertz CT molecular complexity index is 2280. The molecule has 5 heterocycles. The predicted octanol–water partition coefficient (Wildman–Crippen LogP) is 6.30. The topological polar surface area (TPSA) is 63.2 Å². The summed E-state index contributed by atoms with van der Waals surface area (Å²) < 4.78 is 0. The fourth-order valence-corrected chi connectivity index (χ4v) is 6.99. The van der Waals surface area contributed by atoms with Crippen LogP contribution in [-0.2, 0) is 16.5 Å². The molecule has 0 unspecified atom stereocenters. The molecule has 49 heavy (non-hydrogen) atoms. The van der Waals surface area contributed by atoms with Crippen molar-refractivity contribution in [3.8, 4) is 0 Å². The van der Waals surface area contributed by atoms with Gasteiger partial charge in [0.05, 0.1) is 0 Å². The zero-order valence-electron chi connectivity index (χ0n) is 26.5. The van der Waals surface area contributed by atoms with Crippen LogP contribution in [0.1, 0.15) is 45.0 Å². The third-order valence-corrected chi connectivity index (χ3v) is 9.15. The summed E-state index contributed by atoms with van der Waals surface area (Å²) in [6, 6.07) is 60.0. The molecule has 1 aliphatic rings. The van der Waals surface area contributed by atoms with Crippen LogP contribution in [0.3, 0.4) is 0 Å². The number of hydrogen-bond donors (Lipinski definition) is 4. The van der Waals surface area contributed by atoms with E-state index in [-0.39, 0.29) is 16.5 Å². The molecule has 0 atom stereocenters. The summed E-state index contributed by atoms with van der Waals surface area (Å²) in [4.78, 5) is 15.4. The summed E-state index contributed by atoms with van der Waals surface area (Å²) >= 11 is 0. The Labute approximate surface area is 293 Å². The molecule has 0 aliphatic carbocycles. The Kier molecular flexibility index (Phi) is 7.97. The molecule has 4 aromatic heterocycles. The second-order valence-electron chi connectivity index (χ2n) is 12.1. The van der Waals surface area contributed by atoms with Crippen molar-refractivity contribution < 1.29 is 16.5 Å². The molecule has 8 aromatic rings. The summed E-state index contributed by atoms with van der Waals surface area (Å²) in [6.07, 6.45) is 0. The van der Waals surface area contributed by atoms with Crippen LogP contribution in [0, 0.1) is 0 Å². The number of aromatic amines is 4. The van der Waals surface area contributed by atoms with E-state index in [1.54, 1.807) is 0 Å². The molecule has 0 fully saturated rings. The minimum Gasteiger partial charge on any atom is -0.354 e. The molecule has 8 bridgehead atoms. The molecule has 4 nitrogen and oxygen atoms in total. The normalized spacial score (nSPS) is 12.6. The SMILES string of the molecule is [Ni].c1ccc(C2=c3ccc([nH]3)=C(c3ccccc3)c3ccc([nH]3)C(c3ccccc3)=c3ccc([nH]3)=C(c3ccccc3)c3ccc2[nH]3)cc1. The van der Waals surface area contributed by atoms with E-state index in [1.807, 2.05) is 0 Å². The molecule has 4 aromatic carbocycles. The van der Waals surface area contributed by atoms with Crippen LogP contribution >= 0.6 is 0 Å². The van der Waals surface area contributed by atoms with Gasteiger partial charge >= 0.3 is 0 Å². The van der Waals surface area contributed by atoms with Gasteiger partial charge in [-0.05, 0) is 70.8 Å². The third-order valence-electron chi connectivity index (χ3n) is 9.15. The Hall–Kier alpha value is -6.03. The Balaban J connectivity index is 0.00000348. The van der Waals surface area contributed by atoms with E-state index in [0.717, 1.165) is 88.7 Å². The molecule has 238 valence electrons. The molecule has 0 spiro atoms. The molecule has 0 saturated heterocycles. The van der Waals surface area contributed by atoms with E-state index in [0.29, 0.717) is 0 Å². The molecule has 0 amide bonds. The zero-order chi connectivity index (χ0) is 31.9. The van der Waals surface area contributed by atoms with Crippen molar-refractivity contribution in [2.24, 2.45) is 0 Å². The van der Waals surface area contributed by atoms with E-state index in [2.05, 4.69) is 190 Å². The van der Waals surface area contributed by atoms with Gasteiger partial charge in [-0.1, -0.05) is 121 Å². The van der Waals surface area contributed by atoms with Gasteiger partial charge in [-0.15, -0.1) is 0 Å². The smallest absolute Gasteiger partial charge is 0.0485 e. The van der Waals surface area contributed by atoms with Gasteiger partial charge in [-0.2, -0.15) is 0 Å². The average molecular weight is 675 g/mol. The van der Waals surface area contributed by atoms with Gasteiger partial charge in [0.15, 0.2) is 0 Å². The molecular weight excluding hydrogens is 643 g/mol. The maximum Gasteiger partial charge on any atom is 0.0485 e. The number of rotatable bonds is 4. The van der Waals surface area contributed by atoms with Crippen LogP contribution in [0.5, 0.6) is 0 Å². The van der Waals surface area contributed by atoms with Gasteiger partial charge in [-0.25, -0.2) is 0 Å². The summed E-state index contributed by atoms with van der Waals surface area (Å²) in [5, 5.41) is 4.16. The van der Waals surface area contributed by atoms with Crippen LogP contribution < -0.4 is 21.4 Å². The first-order valence-corrected chi connectivity index (χ1v) is 16.3. The van der Waals surface area contributed by atoms with Gasteiger partial charge in [0.25, 0.3) is 0 Å². The maximum absolute atomic E-state index is 3.84. The van der Waals surface area contributed by atoms with Crippen molar-refractivity contribution in [1.82, 2.24) is 19.9 Å². The van der Waals surface area contributed by atoms with Gasteiger partial charge in [0, 0.05) is 83.0 Å². The largest absolute Gasteiger partial charge is 0.354 e. The number of benzene rings is 4. The van der Waals surface area contributed by atoms with E-state index >= 15 is 0 Å². The van der Waals surface area contributed by atoms with Crippen molar-refractivity contribution in [2.45, 2.75) is 0 Å². The number of nitrogens with one attached hydrogen (secondary N) is 4. The first-order chi connectivity index (χ1) is 23.8. The van der Waals surface area contributed by atoms with Crippen LogP contribution in [0.25, 0.3) is 22.3 Å². The van der Waals surface area contributed by atoms with Crippen molar-refractivity contribution in [3.63, 3.8) is 0 Å². The van der Waals surface area contributed by atoms with Crippen LogP contribution in [0.15, 0.2) is 170 Å². The van der Waals surface area contributed by atoms with E-state index in [4.69, 9.17) is 0 Å². The maximum atomic E-state index is 3.84. The summed E-state index contributed by atoms with van der Waals surface area (Å²) in [5.41, 5.74) is 13.1.